The molecular weight excluding hydrogens is 348 g/mol. The van der Waals surface area contributed by atoms with Crippen molar-refractivity contribution in [3.8, 4) is 5.75 Å². The molecule has 9 heteroatoms. The summed E-state index contributed by atoms with van der Waals surface area (Å²) in [5.41, 5.74) is 3.24. The number of nitrogens with zero attached hydrogens (tertiary/aromatic N) is 1. The van der Waals surface area contributed by atoms with E-state index in [-0.39, 0.29) is 12.3 Å². The van der Waals surface area contributed by atoms with Crippen LogP contribution in [-0.2, 0) is 16.1 Å². The topological polar surface area (TPSA) is 92.9 Å². The molecule has 2 rings (SSSR count). The van der Waals surface area contributed by atoms with Crippen LogP contribution in [0.15, 0.2) is 52.2 Å². The Labute approximate surface area is 148 Å². The summed E-state index contributed by atoms with van der Waals surface area (Å²) < 4.78 is 33.6. The standard InChI is InChI=1S/C17H17F2N3O4/c1-2-14(11-5-7-12(8-6-11)26-17(18)19)21-22-16(24)15(23)20-10-13-4-3-9-25-13/h3-9,17H,2,10H2,1H3,(H,20,23)(H,22,24)/b21-14+. The van der Waals surface area contributed by atoms with E-state index in [1.54, 1.807) is 19.1 Å². The fraction of sp³-hybridized carbons (Fsp3) is 0.235. The van der Waals surface area contributed by atoms with Crippen molar-refractivity contribution in [3.63, 3.8) is 0 Å². The molecule has 0 spiro atoms. The Hall–Kier alpha value is -3.23. The fourth-order valence-electron chi connectivity index (χ4n) is 2.01. The summed E-state index contributed by atoms with van der Waals surface area (Å²) in [6.45, 7) is -1.03. The predicted octanol–water partition coefficient (Wildman–Crippen LogP) is 2.43. The van der Waals surface area contributed by atoms with Crippen LogP contribution in [0, 0.1) is 0 Å². The third-order valence-corrected chi connectivity index (χ3v) is 3.25. The average Bonchev–Trinajstić information content (AvgIpc) is 3.14. The fourth-order valence-corrected chi connectivity index (χ4v) is 2.01. The molecule has 1 aromatic carbocycles. The maximum atomic E-state index is 12.1. The molecule has 26 heavy (non-hydrogen) atoms. The number of halogens is 2. The molecule has 1 heterocycles. The molecule has 0 unspecified atom stereocenters. The van der Waals surface area contributed by atoms with Gasteiger partial charge < -0.3 is 14.5 Å². The largest absolute Gasteiger partial charge is 0.467 e. The lowest BCUT2D eigenvalue weighted by molar-refractivity contribution is -0.139. The van der Waals surface area contributed by atoms with Gasteiger partial charge in [-0.2, -0.15) is 13.9 Å². The van der Waals surface area contributed by atoms with Crippen molar-refractivity contribution in [3.05, 3.63) is 54.0 Å². The van der Waals surface area contributed by atoms with E-state index in [1.807, 2.05) is 0 Å². The number of carbonyl (C=O) groups is 2. The first-order valence-corrected chi connectivity index (χ1v) is 7.72. The van der Waals surface area contributed by atoms with E-state index in [0.717, 1.165) is 0 Å². The lowest BCUT2D eigenvalue weighted by atomic mass is 10.1. The third-order valence-electron chi connectivity index (χ3n) is 3.25. The molecule has 0 aliphatic carbocycles. The number of hydrazone groups is 1. The van der Waals surface area contributed by atoms with Gasteiger partial charge in [-0.1, -0.05) is 6.92 Å². The highest BCUT2D eigenvalue weighted by Crippen LogP contribution is 2.16. The van der Waals surface area contributed by atoms with Crippen LogP contribution in [0.1, 0.15) is 24.7 Å². The van der Waals surface area contributed by atoms with Crippen LogP contribution < -0.4 is 15.5 Å². The number of rotatable bonds is 7. The smallest absolute Gasteiger partial charge is 0.387 e. The highest BCUT2D eigenvalue weighted by Gasteiger charge is 2.13. The molecule has 0 aliphatic rings. The molecule has 138 valence electrons. The molecule has 2 N–H and O–H groups in total. The predicted molar refractivity (Wildman–Crippen MR) is 88.6 cm³/mol. The number of hydrogen-bond acceptors (Lipinski definition) is 5. The van der Waals surface area contributed by atoms with Crippen molar-refractivity contribution in [2.75, 3.05) is 0 Å². The monoisotopic (exact) mass is 365 g/mol. The number of alkyl halides is 2. The molecule has 0 radical (unpaired) electrons. The van der Waals surface area contributed by atoms with E-state index in [0.29, 0.717) is 23.5 Å². The van der Waals surface area contributed by atoms with Crippen LogP contribution in [0.25, 0.3) is 0 Å². The molecule has 0 atom stereocenters. The zero-order chi connectivity index (χ0) is 18.9. The summed E-state index contributed by atoms with van der Waals surface area (Å²) in [6.07, 6.45) is 1.90. The normalized spacial score (nSPS) is 11.3. The number of amides is 2. The quantitative estimate of drug-likeness (QED) is 0.448. The third kappa shape index (κ3) is 5.69. The van der Waals surface area contributed by atoms with Gasteiger partial charge in [0, 0.05) is 0 Å². The van der Waals surface area contributed by atoms with Gasteiger partial charge in [-0.3, -0.25) is 9.59 Å². The first kappa shape index (κ1) is 19.1. The van der Waals surface area contributed by atoms with Crippen molar-refractivity contribution in [1.82, 2.24) is 10.7 Å². The summed E-state index contributed by atoms with van der Waals surface area (Å²) in [5, 5.41) is 6.30. The Balaban J connectivity index is 1.92. The molecule has 0 fully saturated rings. The van der Waals surface area contributed by atoms with Gasteiger partial charge in [-0.25, -0.2) is 5.43 Å². The van der Waals surface area contributed by atoms with Gasteiger partial charge in [-0.05, 0) is 48.4 Å². The van der Waals surface area contributed by atoms with Gasteiger partial charge in [0.2, 0.25) is 0 Å². The van der Waals surface area contributed by atoms with Gasteiger partial charge in [0.05, 0.1) is 18.5 Å². The van der Waals surface area contributed by atoms with Gasteiger partial charge in [0.15, 0.2) is 0 Å². The van der Waals surface area contributed by atoms with Crippen LogP contribution in [0.2, 0.25) is 0 Å². The summed E-state index contributed by atoms with van der Waals surface area (Å²) >= 11 is 0. The molecule has 0 saturated carbocycles. The van der Waals surface area contributed by atoms with Crippen molar-refractivity contribution in [1.29, 1.82) is 0 Å². The van der Waals surface area contributed by atoms with Crippen molar-refractivity contribution in [2.24, 2.45) is 5.10 Å². The minimum atomic E-state index is -2.90. The van der Waals surface area contributed by atoms with Crippen LogP contribution in [0.5, 0.6) is 5.75 Å². The highest BCUT2D eigenvalue weighted by molar-refractivity contribution is 6.35. The van der Waals surface area contributed by atoms with E-state index in [2.05, 4.69) is 20.6 Å². The Morgan fingerprint density at radius 1 is 1.19 bits per heavy atom. The Kier molecular flexibility index (Phi) is 6.84. The molecule has 2 aromatic rings. The second-order valence-electron chi connectivity index (χ2n) is 5.02. The second-order valence-corrected chi connectivity index (χ2v) is 5.02. The Morgan fingerprint density at radius 3 is 2.50 bits per heavy atom. The zero-order valence-corrected chi connectivity index (χ0v) is 13.9. The number of carbonyl (C=O) groups excluding carboxylic acids is 2. The zero-order valence-electron chi connectivity index (χ0n) is 13.9. The molecular formula is C17H17F2N3O4. The summed E-state index contributed by atoms with van der Waals surface area (Å²) in [7, 11) is 0. The first-order valence-electron chi connectivity index (χ1n) is 7.72. The van der Waals surface area contributed by atoms with Crippen LogP contribution >= 0.6 is 0 Å². The lowest BCUT2D eigenvalue weighted by Gasteiger charge is -2.08. The Bertz CT molecular complexity index is 759. The van der Waals surface area contributed by atoms with Crippen LogP contribution in [-0.4, -0.2) is 24.1 Å². The van der Waals surface area contributed by atoms with Gasteiger partial charge in [-0.15, -0.1) is 0 Å². The molecule has 7 nitrogen and oxygen atoms in total. The summed E-state index contributed by atoms with van der Waals surface area (Å²) in [4.78, 5) is 23.5. The van der Waals surface area contributed by atoms with Crippen LogP contribution in [0.3, 0.4) is 0 Å². The maximum absolute atomic E-state index is 12.1. The molecule has 1 aromatic heterocycles. The second kappa shape index (κ2) is 9.30. The van der Waals surface area contributed by atoms with E-state index >= 15 is 0 Å². The van der Waals surface area contributed by atoms with Crippen molar-refractivity contribution in [2.45, 2.75) is 26.5 Å². The van der Waals surface area contributed by atoms with Gasteiger partial charge >= 0.3 is 18.4 Å². The number of nitrogens with one attached hydrogen (secondary N) is 2. The van der Waals surface area contributed by atoms with Gasteiger partial charge in [0.25, 0.3) is 0 Å². The number of benzene rings is 1. The van der Waals surface area contributed by atoms with Gasteiger partial charge in [0.1, 0.15) is 11.5 Å². The lowest BCUT2D eigenvalue weighted by Crippen LogP contribution is -2.37. The number of furan rings is 1. The van der Waals surface area contributed by atoms with Crippen LogP contribution in [0.4, 0.5) is 8.78 Å². The molecule has 0 aliphatic heterocycles. The molecule has 2 amide bonds. The molecule has 0 bridgehead atoms. The maximum Gasteiger partial charge on any atom is 0.387 e. The van der Waals surface area contributed by atoms with E-state index in [4.69, 9.17) is 4.42 Å². The Morgan fingerprint density at radius 2 is 1.92 bits per heavy atom. The SMILES string of the molecule is CC/C(=N\NC(=O)C(=O)NCc1ccco1)c1ccc(OC(F)F)cc1. The highest BCUT2D eigenvalue weighted by atomic mass is 19.3. The first-order chi connectivity index (χ1) is 12.5. The average molecular weight is 365 g/mol. The minimum Gasteiger partial charge on any atom is -0.467 e. The molecule has 0 saturated heterocycles. The van der Waals surface area contributed by atoms with E-state index in [9.17, 15) is 18.4 Å². The number of ether oxygens (including phenoxy) is 1. The van der Waals surface area contributed by atoms with Crippen molar-refractivity contribution < 1.29 is 27.5 Å². The summed E-state index contributed by atoms with van der Waals surface area (Å²) in [5.74, 6) is -1.27. The van der Waals surface area contributed by atoms with E-state index < -0.39 is 18.4 Å². The summed E-state index contributed by atoms with van der Waals surface area (Å²) in [6, 6.07) is 9.12. The minimum absolute atomic E-state index is 0.0144. The van der Waals surface area contributed by atoms with E-state index in [1.165, 1.54) is 30.5 Å². The number of hydrogen-bond donors (Lipinski definition) is 2. The van der Waals surface area contributed by atoms with Crippen molar-refractivity contribution >= 4 is 17.5 Å².